The number of nitrogens with two attached hydrogens (primary N) is 1. The van der Waals surface area contributed by atoms with Crippen LogP contribution >= 0.6 is 0 Å². The van der Waals surface area contributed by atoms with Crippen molar-refractivity contribution in [3.05, 3.63) is 36.0 Å². The zero-order valence-corrected chi connectivity index (χ0v) is 10.8. The fourth-order valence-electron chi connectivity index (χ4n) is 1.56. The molecule has 7 nitrogen and oxygen atoms in total. The van der Waals surface area contributed by atoms with Crippen molar-refractivity contribution in [1.82, 2.24) is 15.2 Å². The number of ether oxygens (including phenoxy) is 1. The molecule has 0 fully saturated rings. The molecule has 3 N–H and O–H groups in total. The molecule has 2 heterocycles. The molecule has 1 amide bonds. The quantitative estimate of drug-likeness (QED) is 0.481. The Bertz CT molecular complexity index is 559. The number of carbonyl (C=O) groups excluding carboxylic acids is 1. The van der Waals surface area contributed by atoms with Crippen LogP contribution in [0.15, 0.2) is 29.1 Å². The third-order valence-electron chi connectivity index (χ3n) is 2.60. The smallest absolute Gasteiger partial charge is 0.268 e. The molecule has 0 aliphatic rings. The van der Waals surface area contributed by atoms with Crippen molar-refractivity contribution in [2.24, 2.45) is 5.84 Å². The number of hydrogen-bond acceptors (Lipinski definition) is 5. The molecule has 7 heteroatoms. The molecule has 0 saturated carbocycles. The number of nitrogens with zero attached hydrogens (tertiary/aromatic N) is 2. The van der Waals surface area contributed by atoms with Crippen LogP contribution in [0.2, 0.25) is 0 Å². The monoisotopic (exact) mass is 264 g/mol. The van der Waals surface area contributed by atoms with Crippen LogP contribution in [0.5, 0.6) is 5.75 Å². The molecule has 102 valence electrons. The molecule has 0 radical (unpaired) electrons. The van der Waals surface area contributed by atoms with E-state index in [4.69, 9.17) is 15.0 Å². The number of aromatic nitrogens is 2. The zero-order chi connectivity index (χ0) is 13.8. The van der Waals surface area contributed by atoms with E-state index in [-0.39, 0.29) is 12.6 Å². The highest BCUT2D eigenvalue weighted by atomic mass is 16.5. The number of rotatable bonds is 5. The number of nitrogen functional groups attached to an aromatic ring is 1. The Morgan fingerprint density at radius 2 is 2.42 bits per heavy atom. The van der Waals surface area contributed by atoms with E-state index < -0.39 is 5.91 Å². The van der Waals surface area contributed by atoms with Crippen LogP contribution in [0.1, 0.15) is 36.0 Å². The van der Waals surface area contributed by atoms with Gasteiger partial charge in [-0.1, -0.05) is 0 Å². The van der Waals surface area contributed by atoms with Gasteiger partial charge in [0.15, 0.2) is 11.5 Å². The van der Waals surface area contributed by atoms with Gasteiger partial charge in [0.05, 0.1) is 24.2 Å². The predicted molar refractivity (Wildman–Crippen MR) is 67.3 cm³/mol. The maximum Gasteiger partial charge on any atom is 0.268 e. The standard InChI is InChI=1S/C12H16N4O3/c1-8(2)16-6-9(5-14-16)19-7-11-10(3-4-18-11)12(17)15-13/h3-6,8H,7,13H2,1-2H3,(H,15,17). The highest BCUT2D eigenvalue weighted by Crippen LogP contribution is 2.16. The van der Waals surface area contributed by atoms with E-state index in [9.17, 15) is 4.79 Å². The first-order valence-corrected chi connectivity index (χ1v) is 5.86. The number of hydrazine groups is 1. The van der Waals surface area contributed by atoms with Gasteiger partial charge in [0, 0.05) is 6.04 Å². The van der Waals surface area contributed by atoms with Crippen LogP contribution in [0.4, 0.5) is 0 Å². The molecule has 2 aromatic rings. The molecular weight excluding hydrogens is 248 g/mol. The molecular formula is C12H16N4O3. The van der Waals surface area contributed by atoms with Gasteiger partial charge in [0.2, 0.25) is 0 Å². The van der Waals surface area contributed by atoms with Gasteiger partial charge >= 0.3 is 0 Å². The van der Waals surface area contributed by atoms with Gasteiger partial charge in [-0.2, -0.15) is 5.10 Å². The van der Waals surface area contributed by atoms with E-state index >= 15 is 0 Å². The summed E-state index contributed by atoms with van der Waals surface area (Å²) in [5, 5.41) is 4.15. The van der Waals surface area contributed by atoms with E-state index in [0.717, 1.165) is 0 Å². The van der Waals surface area contributed by atoms with Gasteiger partial charge in [0.25, 0.3) is 5.91 Å². The summed E-state index contributed by atoms with van der Waals surface area (Å²) in [7, 11) is 0. The van der Waals surface area contributed by atoms with Crippen molar-refractivity contribution in [3.8, 4) is 5.75 Å². The summed E-state index contributed by atoms with van der Waals surface area (Å²) >= 11 is 0. The Hall–Kier alpha value is -2.28. The van der Waals surface area contributed by atoms with Gasteiger partial charge < -0.3 is 9.15 Å². The van der Waals surface area contributed by atoms with Crippen LogP contribution in [0, 0.1) is 0 Å². The van der Waals surface area contributed by atoms with Crippen LogP contribution in [-0.4, -0.2) is 15.7 Å². The van der Waals surface area contributed by atoms with Crippen LogP contribution in [0.3, 0.4) is 0 Å². The van der Waals surface area contributed by atoms with Gasteiger partial charge in [-0.05, 0) is 19.9 Å². The second kappa shape index (κ2) is 5.57. The number of amides is 1. The van der Waals surface area contributed by atoms with Gasteiger partial charge in [-0.15, -0.1) is 0 Å². The number of hydrogen-bond donors (Lipinski definition) is 2. The van der Waals surface area contributed by atoms with Crippen molar-refractivity contribution in [3.63, 3.8) is 0 Å². The minimum atomic E-state index is -0.412. The largest absolute Gasteiger partial charge is 0.482 e. The Morgan fingerprint density at radius 1 is 1.63 bits per heavy atom. The van der Waals surface area contributed by atoms with E-state index in [1.54, 1.807) is 23.1 Å². The number of carbonyl (C=O) groups is 1. The Kier molecular flexibility index (Phi) is 3.86. The second-order valence-electron chi connectivity index (χ2n) is 4.27. The molecule has 19 heavy (non-hydrogen) atoms. The van der Waals surface area contributed by atoms with Crippen molar-refractivity contribution in [1.29, 1.82) is 0 Å². The summed E-state index contributed by atoms with van der Waals surface area (Å²) < 4.78 is 12.5. The topological polar surface area (TPSA) is 95.3 Å². The average molecular weight is 264 g/mol. The Morgan fingerprint density at radius 3 is 3.05 bits per heavy atom. The molecule has 2 rings (SSSR count). The molecule has 0 saturated heterocycles. The fraction of sp³-hybridized carbons (Fsp3) is 0.333. The molecule has 0 unspecified atom stereocenters. The first-order valence-electron chi connectivity index (χ1n) is 5.86. The summed E-state index contributed by atoms with van der Waals surface area (Å²) in [6.07, 6.45) is 4.82. The molecule has 2 aromatic heterocycles. The van der Waals surface area contributed by atoms with Crippen molar-refractivity contribution in [2.45, 2.75) is 26.5 Å². The summed E-state index contributed by atoms with van der Waals surface area (Å²) in [6.45, 7) is 4.18. The molecule has 0 bridgehead atoms. The normalized spacial score (nSPS) is 10.7. The summed E-state index contributed by atoms with van der Waals surface area (Å²) in [5.74, 6) is 5.70. The van der Waals surface area contributed by atoms with E-state index in [1.807, 2.05) is 13.8 Å². The minimum absolute atomic E-state index is 0.138. The predicted octanol–water partition coefficient (Wildman–Crippen LogP) is 1.24. The summed E-state index contributed by atoms with van der Waals surface area (Å²) in [4.78, 5) is 11.4. The first kappa shape index (κ1) is 13.2. The highest BCUT2D eigenvalue weighted by molar-refractivity contribution is 5.94. The summed E-state index contributed by atoms with van der Waals surface area (Å²) in [5.41, 5.74) is 2.41. The molecule has 0 aliphatic heterocycles. The second-order valence-corrected chi connectivity index (χ2v) is 4.27. The number of furan rings is 1. The zero-order valence-electron chi connectivity index (χ0n) is 10.8. The van der Waals surface area contributed by atoms with Crippen LogP contribution < -0.4 is 16.0 Å². The SMILES string of the molecule is CC(C)n1cc(OCc2occc2C(=O)NN)cn1. The van der Waals surface area contributed by atoms with Crippen LogP contribution in [-0.2, 0) is 6.61 Å². The minimum Gasteiger partial charge on any atom is -0.482 e. The first-order chi connectivity index (χ1) is 9.11. The lowest BCUT2D eigenvalue weighted by Gasteiger charge is -2.04. The lowest BCUT2D eigenvalue weighted by Crippen LogP contribution is -2.30. The summed E-state index contributed by atoms with van der Waals surface area (Å²) in [6, 6.07) is 1.80. The van der Waals surface area contributed by atoms with Gasteiger partial charge in [0.1, 0.15) is 6.61 Å². The third-order valence-corrected chi connectivity index (χ3v) is 2.60. The van der Waals surface area contributed by atoms with Crippen molar-refractivity contribution < 1.29 is 13.9 Å². The highest BCUT2D eigenvalue weighted by Gasteiger charge is 2.14. The Balaban J connectivity index is 2.02. The van der Waals surface area contributed by atoms with Crippen molar-refractivity contribution in [2.75, 3.05) is 0 Å². The lowest BCUT2D eigenvalue weighted by molar-refractivity contribution is 0.0949. The van der Waals surface area contributed by atoms with Crippen LogP contribution in [0.25, 0.3) is 0 Å². The average Bonchev–Trinajstić information content (AvgIpc) is 3.04. The molecule has 0 spiro atoms. The lowest BCUT2D eigenvalue weighted by atomic mass is 10.2. The maximum atomic E-state index is 11.4. The van der Waals surface area contributed by atoms with E-state index in [1.165, 1.54) is 6.26 Å². The maximum absolute atomic E-state index is 11.4. The van der Waals surface area contributed by atoms with E-state index in [2.05, 4.69) is 10.5 Å². The molecule has 0 atom stereocenters. The van der Waals surface area contributed by atoms with Gasteiger partial charge in [-0.25, -0.2) is 5.84 Å². The Labute approximate surface area is 110 Å². The number of nitrogens with one attached hydrogen (secondary N) is 1. The molecule has 0 aliphatic carbocycles. The third kappa shape index (κ3) is 2.94. The van der Waals surface area contributed by atoms with E-state index in [0.29, 0.717) is 17.1 Å². The van der Waals surface area contributed by atoms with Gasteiger partial charge in [-0.3, -0.25) is 14.9 Å². The van der Waals surface area contributed by atoms with Crippen molar-refractivity contribution >= 4 is 5.91 Å². The fourth-order valence-corrected chi connectivity index (χ4v) is 1.56. The molecule has 0 aromatic carbocycles.